The van der Waals surface area contributed by atoms with E-state index in [0.717, 1.165) is 13.1 Å². The van der Waals surface area contributed by atoms with Crippen LogP contribution in [0.2, 0.25) is 0 Å². The number of methoxy groups -OCH3 is 1. The van der Waals surface area contributed by atoms with Crippen LogP contribution in [0.3, 0.4) is 0 Å². The first-order valence-electron chi connectivity index (χ1n) is 9.33. The third kappa shape index (κ3) is 5.11. The van der Waals surface area contributed by atoms with Gasteiger partial charge in [-0.1, -0.05) is 12.1 Å². The summed E-state index contributed by atoms with van der Waals surface area (Å²) in [7, 11) is -0.199. The lowest BCUT2D eigenvalue weighted by atomic mass is 10.1. The van der Waals surface area contributed by atoms with E-state index in [0.29, 0.717) is 24.4 Å². The molecule has 1 amide bonds. The van der Waals surface area contributed by atoms with Gasteiger partial charge in [0.2, 0.25) is 15.9 Å². The van der Waals surface area contributed by atoms with E-state index >= 15 is 0 Å². The van der Waals surface area contributed by atoms with Gasteiger partial charge in [0.15, 0.2) is 0 Å². The average molecular weight is 423 g/mol. The summed E-state index contributed by atoms with van der Waals surface area (Å²) in [5.41, 5.74) is 0.778. The molecule has 29 heavy (non-hydrogen) atoms. The summed E-state index contributed by atoms with van der Waals surface area (Å²) in [6, 6.07) is 10.2. The molecule has 1 aliphatic heterocycles. The van der Waals surface area contributed by atoms with E-state index in [-0.39, 0.29) is 17.0 Å². The number of carbonyl (C=O) groups excluding carboxylic acids is 1. The van der Waals surface area contributed by atoms with Gasteiger partial charge in [0.25, 0.3) is 0 Å². The van der Waals surface area contributed by atoms with Crippen molar-refractivity contribution in [2.24, 2.45) is 0 Å². The van der Waals surface area contributed by atoms with E-state index in [1.54, 1.807) is 6.07 Å². The predicted octanol–water partition coefficient (Wildman–Crippen LogP) is 0.535. The molecular weight excluding hydrogens is 397 g/mol. The Kier molecular flexibility index (Phi) is 6.51. The van der Waals surface area contributed by atoms with E-state index in [2.05, 4.69) is 5.32 Å². The smallest absolute Gasteiger partial charge is 0.243 e. The molecule has 7 nitrogen and oxygen atoms in total. The molecule has 0 saturated carbocycles. The Balaban J connectivity index is 1.80. The third-order valence-electron chi connectivity index (χ3n) is 4.91. The van der Waals surface area contributed by atoms with Gasteiger partial charge in [-0.25, -0.2) is 12.8 Å². The Labute approximate surface area is 170 Å². The molecule has 3 rings (SSSR count). The van der Waals surface area contributed by atoms with E-state index in [4.69, 9.17) is 4.74 Å². The van der Waals surface area contributed by atoms with Crippen LogP contribution in [0.25, 0.3) is 0 Å². The Morgan fingerprint density at radius 2 is 1.93 bits per heavy atom. The Morgan fingerprint density at radius 3 is 2.59 bits per heavy atom. The van der Waals surface area contributed by atoms with E-state index in [1.807, 2.05) is 7.05 Å². The number of carbonyl (C=O) groups is 1. The molecule has 0 spiro atoms. The van der Waals surface area contributed by atoms with Gasteiger partial charge in [-0.3, -0.25) is 4.79 Å². The van der Waals surface area contributed by atoms with Gasteiger partial charge in [0, 0.05) is 0 Å². The number of quaternary nitrogens is 1. The summed E-state index contributed by atoms with van der Waals surface area (Å²) in [6.45, 7) is 2.38. The molecular formula is C20H25FN3O4S+. The fourth-order valence-electron chi connectivity index (χ4n) is 3.23. The number of anilines is 1. The molecule has 156 valence electrons. The van der Waals surface area contributed by atoms with Crippen LogP contribution in [0.1, 0.15) is 5.56 Å². The average Bonchev–Trinajstić information content (AvgIpc) is 2.68. The summed E-state index contributed by atoms with van der Waals surface area (Å²) in [6.07, 6.45) is -0.0425. The standard InChI is InChI=1S/C20H24FN3O4S/c1-23-8-10-24(11-9-23)29(26,27)17-6-7-19(28-2)18(14-17)22-20(25)13-15-4-3-5-16(21)12-15/h3-7,12,14H,8-11,13H2,1-2H3,(H,22,25)/p+1. The maximum absolute atomic E-state index is 13.3. The minimum atomic E-state index is -3.67. The van der Waals surface area contributed by atoms with Gasteiger partial charge < -0.3 is 15.0 Å². The van der Waals surface area contributed by atoms with E-state index < -0.39 is 21.7 Å². The van der Waals surface area contributed by atoms with Crippen LogP contribution in [-0.2, 0) is 21.2 Å². The highest BCUT2D eigenvalue weighted by molar-refractivity contribution is 7.89. The Hall–Kier alpha value is -2.49. The van der Waals surface area contributed by atoms with Crippen LogP contribution in [0, 0.1) is 5.82 Å². The van der Waals surface area contributed by atoms with Gasteiger partial charge in [-0.05, 0) is 35.9 Å². The van der Waals surface area contributed by atoms with Crippen LogP contribution < -0.4 is 15.0 Å². The van der Waals surface area contributed by atoms with Crippen molar-refractivity contribution in [3.05, 3.63) is 53.8 Å². The molecule has 0 bridgehead atoms. The molecule has 0 unspecified atom stereocenters. The molecule has 9 heteroatoms. The molecule has 1 heterocycles. The lowest BCUT2D eigenvalue weighted by Crippen LogP contribution is -3.12. The van der Waals surface area contributed by atoms with Gasteiger partial charge in [0.1, 0.15) is 11.6 Å². The molecule has 2 aromatic carbocycles. The number of rotatable bonds is 6. The van der Waals surface area contributed by atoms with Crippen molar-refractivity contribution in [2.75, 3.05) is 45.7 Å². The van der Waals surface area contributed by atoms with Gasteiger partial charge >= 0.3 is 0 Å². The molecule has 1 saturated heterocycles. The Morgan fingerprint density at radius 1 is 1.21 bits per heavy atom. The normalized spacial score (nSPS) is 15.8. The Bertz CT molecular complexity index is 989. The highest BCUT2D eigenvalue weighted by Gasteiger charge is 2.29. The van der Waals surface area contributed by atoms with Crippen molar-refractivity contribution in [3.63, 3.8) is 0 Å². The molecule has 1 aliphatic rings. The lowest BCUT2D eigenvalue weighted by Gasteiger charge is -2.29. The highest BCUT2D eigenvalue weighted by Crippen LogP contribution is 2.29. The number of likely N-dealkylation sites (N-methyl/N-ethyl adjacent to an activating group) is 1. The zero-order chi connectivity index (χ0) is 21.0. The molecule has 0 atom stereocenters. The van der Waals surface area contributed by atoms with Crippen molar-refractivity contribution < 1.29 is 27.2 Å². The summed E-state index contributed by atoms with van der Waals surface area (Å²) in [4.78, 5) is 13.8. The second-order valence-corrected chi connectivity index (χ2v) is 9.02. The van der Waals surface area contributed by atoms with Crippen molar-refractivity contribution in [1.82, 2.24) is 4.31 Å². The fraction of sp³-hybridized carbons (Fsp3) is 0.350. The number of sulfonamides is 1. The van der Waals surface area contributed by atoms with Crippen molar-refractivity contribution in [3.8, 4) is 5.75 Å². The zero-order valence-electron chi connectivity index (χ0n) is 16.4. The molecule has 0 aromatic heterocycles. The number of nitrogens with zero attached hydrogens (tertiary/aromatic N) is 1. The number of hydrogen-bond donors (Lipinski definition) is 2. The van der Waals surface area contributed by atoms with Crippen LogP contribution in [0.15, 0.2) is 47.4 Å². The van der Waals surface area contributed by atoms with Crippen LogP contribution >= 0.6 is 0 Å². The third-order valence-corrected chi connectivity index (χ3v) is 6.81. The van der Waals surface area contributed by atoms with Crippen LogP contribution in [0.4, 0.5) is 10.1 Å². The molecule has 2 aromatic rings. The number of halogens is 1. The van der Waals surface area contributed by atoms with Crippen LogP contribution in [0.5, 0.6) is 5.75 Å². The highest BCUT2D eigenvalue weighted by atomic mass is 32.2. The number of piperazine rings is 1. The van der Waals surface area contributed by atoms with Crippen LogP contribution in [-0.4, -0.2) is 59.0 Å². The number of benzene rings is 2. The fourth-order valence-corrected chi connectivity index (χ4v) is 4.70. The number of ether oxygens (including phenoxy) is 1. The maximum Gasteiger partial charge on any atom is 0.243 e. The second kappa shape index (κ2) is 8.89. The van der Waals surface area contributed by atoms with Gasteiger partial charge in [-0.2, -0.15) is 4.31 Å². The minimum absolute atomic E-state index is 0.0425. The summed E-state index contributed by atoms with van der Waals surface area (Å²) in [5.74, 6) is -0.471. The van der Waals surface area contributed by atoms with Crippen molar-refractivity contribution in [2.45, 2.75) is 11.3 Å². The molecule has 0 radical (unpaired) electrons. The first kappa shape index (κ1) is 21.2. The molecule has 0 aliphatic carbocycles. The zero-order valence-corrected chi connectivity index (χ0v) is 17.3. The summed E-state index contributed by atoms with van der Waals surface area (Å²) in [5, 5.41) is 2.68. The number of amides is 1. The maximum atomic E-state index is 13.3. The van der Waals surface area contributed by atoms with Gasteiger partial charge in [0.05, 0.1) is 57.3 Å². The van der Waals surface area contributed by atoms with Crippen molar-refractivity contribution in [1.29, 1.82) is 0 Å². The topological polar surface area (TPSA) is 80.2 Å². The monoisotopic (exact) mass is 422 g/mol. The number of hydrogen-bond acceptors (Lipinski definition) is 4. The quantitative estimate of drug-likeness (QED) is 0.712. The summed E-state index contributed by atoms with van der Waals surface area (Å²) >= 11 is 0. The summed E-state index contributed by atoms with van der Waals surface area (Å²) < 4.78 is 46.0. The first-order valence-corrected chi connectivity index (χ1v) is 10.8. The van der Waals surface area contributed by atoms with E-state index in [9.17, 15) is 17.6 Å². The predicted molar refractivity (Wildman–Crippen MR) is 107 cm³/mol. The molecule has 2 N–H and O–H groups in total. The molecule has 1 fully saturated rings. The minimum Gasteiger partial charge on any atom is -0.495 e. The number of nitrogens with one attached hydrogen (secondary N) is 2. The first-order chi connectivity index (χ1) is 13.8. The lowest BCUT2D eigenvalue weighted by molar-refractivity contribution is -0.883. The van der Waals surface area contributed by atoms with Crippen molar-refractivity contribution >= 4 is 21.6 Å². The SMILES string of the molecule is COc1ccc(S(=O)(=O)N2CC[NH+](C)CC2)cc1NC(=O)Cc1cccc(F)c1. The second-order valence-electron chi connectivity index (χ2n) is 7.08. The largest absolute Gasteiger partial charge is 0.495 e. The van der Waals surface area contributed by atoms with Gasteiger partial charge in [-0.15, -0.1) is 0 Å². The van der Waals surface area contributed by atoms with E-state index in [1.165, 1.54) is 52.7 Å².